The third-order valence-electron chi connectivity index (χ3n) is 2.25. The number of aromatic nitrogens is 1. The quantitative estimate of drug-likeness (QED) is 0.942. The fraction of sp³-hybridized carbons (Fsp3) is 0.250. The van der Waals surface area contributed by atoms with Crippen LogP contribution >= 0.6 is 27.3 Å². The minimum Gasteiger partial charge on any atom is -0.396 e. The zero-order chi connectivity index (χ0) is 11.5. The van der Waals surface area contributed by atoms with Crippen LogP contribution in [0.2, 0.25) is 0 Å². The van der Waals surface area contributed by atoms with Crippen LogP contribution in [0, 0.1) is 6.92 Å². The summed E-state index contributed by atoms with van der Waals surface area (Å²) in [4.78, 5) is 5.63. The van der Waals surface area contributed by atoms with Crippen LogP contribution in [0.5, 0.6) is 0 Å². The van der Waals surface area contributed by atoms with Crippen molar-refractivity contribution >= 4 is 27.3 Å². The molecule has 1 aromatic heterocycles. The smallest absolute Gasteiger partial charge is 0.0957 e. The standard InChI is InChI=1S/C12H12BrNOS/c1-8-12(16-11(14-8)5-6-15)9-3-2-4-10(13)7-9/h2-4,7,15H,5-6H2,1H3. The second kappa shape index (κ2) is 5.08. The highest BCUT2D eigenvalue weighted by atomic mass is 79.9. The Kier molecular flexibility index (Phi) is 3.74. The summed E-state index contributed by atoms with van der Waals surface area (Å²) in [6.45, 7) is 2.17. The number of rotatable bonds is 3. The van der Waals surface area contributed by atoms with Gasteiger partial charge in [0.05, 0.1) is 15.6 Å². The van der Waals surface area contributed by atoms with Gasteiger partial charge >= 0.3 is 0 Å². The van der Waals surface area contributed by atoms with Gasteiger partial charge in [0, 0.05) is 17.5 Å². The molecule has 2 rings (SSSR count). The molecule has 0 atom stereocenters. The van der Waals surface area contributed by atoms with Gasteiger partial charge in [0.1, 0.15) is 0 Å². The molecule has 0 saturated carbocycles. The number of aliphatic hydroxyl groups excluding tert-OH is 1. The Bertz CT molecular complexity index is 496. The molecule has 0 aliphatic carbocycles. The number of aryl methyl sites for hydroxylation is 1. The molecule has 0 saturated heterocycles. The van der Waals surface area contributed by atoms with Crippen LogP contribution in [0.3, 0.4) is 0 Å². The Morgan fingerprint density at radius 2 is 2.25 bits per heavy atom. The molecule has 0 unspecified atom stereocenters. The molecule has 2 nitrogen and oxygen atoms in total. The summed E-state index contributed by atoms with van der Waals surface area (Å²) < 4.78 is 1.07. The predicted molar refractivity (Wildman–Crippen MR) is 70.8 cm³/mol. The van der Waals surface area contributed by atoms with Gasteiger partial charge in [0.2, 0.25) is 0 Å². The maximum absolute atomic E-state index is 8.89. The van der Waals surface area contributed by atoms with E-state index in [2.05, 4.69) is 33.0 Å². The average Bonchev–Trinajstić information content (AvgIpc) is 2.60. The lowest BCUT2D eigenvalue weighted by Gasteiger charge is -1.98. The fourth-order valence-electron chi connectivity index (χ4n) is 1.55. The van der Waals surface area contributed by atoms with Crippen molar-refractivity contribution in [3.05, 3.63) is 39.4 Å². The number of thiazole rings is 1. The summed E-state index contributed by atoms with van der Waals surface area (Å²) in [5.41, 5.74) is 2.21. The topological polar surface area (TPSA) is 33.1 Å². The van der Waals surface area contributed by atoms with Crippen LogP contribution in [0.25, 0.3) is 10.4 Å². The monoisotopic (exact) mass is 297 g/mol. The number of aliphatic hydroxyl groups is 1. The summed E-state index contributed by atoms with van der Waals surface area (Å²) in [6.07, 6.45) is 0.638. The van der Waals surface area contributed by atoms with Crippen LogP contribution in [-0.4, -0.2) is 16.7 Å². The van der Waals surface area contributed by atoms with E-state index in [0.717, 1.165) is 15.2 Å². The molecule has 1 heterocycles. The van der Waals surface area contributed by atoms with Gasteiger partial charge in [-0.3, -0.25) is 0 Å². The molecule has 2 aromatic rings. The largest absolute Gasteiger partial charge is 0.396 e. The average molecular weight is 298 g/mol. The third kappa shape index (κ3) is 2.51. The first-order valence-corrected chi connectivity index (χ1v) is 6.65. The summed E-state index contributed by atoms with van der Waals surface area (Å²) in [5.74, 6) is 0. The highest BCUT2D eigenvalue weighted by Crippen LogP contribution is 2.31. The van der Waals surface area contributed by atoms with E-state index < -0.39 is 0 Å². The predicted octanol–water partition coefficient (Wildman–Crippen LogP) is 3.42. The van der Waals surface area contributed by atoms with Crippen molar-refractivity contribution < 1.29 is 5.11 Å². The second-order valence-electron chi connectivity index (χ2n) is 3.51. The highest BCUT2D eigenvalue weighted by molar-refractivity contribution is 9.10. The third-order valence-corrected chi connectivity index (χ3v) is 4.01. The summed E-state index contributed by atoms with van der Waals surface area (Å²) >= 11 is 5.12. The van der Waals surface area contributed by atoms with Crippen molar-refractivity contribution in [3.8, 4) is 10.4 Å². The zero-order valence-electron chi connectivity index (χ0n) is 8.90. The van der Waals surface area contributed by atoms with E-state index >= 15 is 0 Å². The summed E-state index contributed by atoms with van der Waals surface area (Å²) in [7, 11) is 0. The first-order valence-electron chi connectivity index (χ1n) is 5.04. The van der Waals surface area contributed by atoms with Gasteiger partial charge in [-0.1, -0.05) is 28.1 Å². The molecule has 0 fully saturated rings. The van der Waals surface area contributed by atoms with Gasteiger partial charge < -0.3 is 5.11 Å². The summed E-state index contributed by atoms with van der Waals surface area (Å²) in [5, 5.41) is 9.89. The molecule has 0 aliphatic heterocycles. The van der Waals surface area contributed by atoms with Crippen molar-refractivity contribution in [2.45, 2.75) is 13.3 Å². The van der Waals surface area contributed by atoms with Crippen LogP contribution in [0.4, 0.5) is 0 Å². The Balaban J connectivity index is 2.40. The molecule has 84 valence electrons. The first kappa shape index (κ1) is 11.8. The summed E-state index contributed by atoms with van der Waals surface area (Å²) in [6, 6.07) is 8.19. The number of halogens is 1. The zero-order valence-corrected chi connectivity index (χ0v) is 11.3. The molecular weight excluding hydrogens is 286 g/mol. The minimum absolute atomic E-state index is 0.158. The molecule has 16 heavy (non-hydrogen) atoms. The Morgan fingerprint density at radius 1 is 1.44 bits per heavy atom. The number of hydrogen-bond acceptors (Lipinski definition) is 3. The van der Waals surface area contributed by atoms with Gasteiger partial charge in [-0.15, -0.1) is 11.3 Å². The normalized spacial score (nSPS) is 10.7. The molecule has 1 aromatic carbocycles. The molecule has 0 aliphatic rings. The molecule has 4 heteroatoms. The van der Waals surface area contributed by atoms with E-state index in [0.29, 0.717) is 6.42 Å². The lowest BCUT2D eigenvalue weighted by molar-refractivity contribution is 0.299. The molecule has 0 spiro atoms. The van der Waals surface area contributed by atoms with Gasteiger partial charge in [0.15, 0.2) is 0 Å². The van der Waals surface area contributed by atoms with E-state index in [1.54, 1.807) is 11.3 Å². The maximum atomic E-state index is 8.89. The van der Waals surface area contributed by atoms with E-state index in [1.807, 2.05) is 19.1 Å². The van der Waals surface area contributed by atoms with Crippen molar-refractivity contribution in [2.24, 2.45) is 0 Å². The van der Waals surface area contributed by atoms with Gasteiger partial charge in [-0.2, -0.15) is 0 Å². The van der Waals surface area contributed by atoms with Gasteiger partial charge in [0.25, 0.3) is 0 Å². The van der Waals surface area contributed by atoms with Crippen molar-refractivity contribution in [2.75, 3.05) is 6.61 Å². The lowest BCUT2D eigenvalue weighted by atomic mass is 10.2. The van der Waals surface area contributed by atoms with Crippen LogP contribution in [0.15, 0.2) is 28.7 Å². The minimum atomic E-state index is 0.158. The lowest BCUT2D eigenvalue weighted by Crippen LogP contribution is -1.88. The van der Waals surface area contributed by atoms with Crippen LogP contribution < -0.4 is 0 Å². The maximum Gasteiger partial charge on any atom is 0.0957 e. The van der Waals surface area contributed by atoms with Gasteiger partial charge in [-0.25, -0.2) is 4.98 Å². The molecule has 0 radical (unpaired) electrons. The van der Waals surface area contributed by atoms with E-state index in [9.17, 15) is 0 Å². The SMILES string of the molecule is Cc1nc(CCO)sc1-c1cccc(Br)c1. The highest BCUT2D eigenvalue weighted by Gasteiger charge is 2.09. The second-order valence-corrected chi connectivity index (χ2v) is 5.51. The molecule has 0 bridgehead atoms. The Hall–Kier alpha value is -0.710. The van der Waals surface area contributed by atoms with E-state index in [4.69, 9.17) is 5.11 Å². The number of benzene rings is 1. The number of nitrogens with zero attached hydrogens (tertiary/aromatic N) is 1. The molecular formula is C12H12BrNOS. The Labute approximate surface area is 107 Å². The van der Waals surface area contributed by atoms with Crippen LogP contribution in [0.1, 0.15) is 10.7 Å². The fourth-order valence-corrected chi connectivity index (χ4v) is 3.00. The van der Waals surface area contributed by atoms with Crippen molar-refractivity contribution in [1.82, 2.24) is 4.98 Å². The van der Waals surface area contributed by atoms with E-state index in [1.165, 1.54) is 10.4 Å². The van der Waals surface area contributed by atoms with Crippen molar-refractivity contribution in [3.63, 3.8) is 0 Å². The number of hydrogen-bond donors (Lipinski definition) is 1. The molecule has 0 amide bonds. The van der Waals surface area contributed by atoms with Crippen LogP contribution in [-0.2, 0) is 6.42 Å². The Morgan fingerprint density at radius 3 is 2.94 bits per heavy atom. The van der Waals surface area contributed by atoms with Crippen molar-refractivity contribution in [1.29, 1.82) is 0 Å². The van der Waals surface area contributed by atoms with E-state index in [-0.39, 0.29) is 6.61 Å². The first-order chi connectivity index (χ1) is 7.70. The van der Waals surface area contributed by atoms with Gasteiger partial charge in [-0.05, 0) is 24.6 Å². The molecule has 1 N–H and O–H groups in total.